The normalized spacial score (nSPS) is 18.0. The van der Waals surface area contributed by atoms with Crippen LogP contribution in [0.15, 0.2) is 24.3 Å². The number of imidazole rings is 1. The molecule has 1 aliphatic rings. The van der Waals surface area contributed by atoms with E-state index < -0.39 is 0 Å². The Morgan fingerprint density at radius 2 is 2.19 bits per heavy atom. The van der Waals surface area contributed by atoms with E-state index in [0.717, 1.165) is 30.3 Å². The molecule has 140 valence electrons. The molecule has 0 saturated carbocycles. The highest BCUT2D eigenvalue weighted by molar-refractivity contribution is 5.82. The van der Waals surface area contributed by atoms with Crippen molar-refractivity contribution in [3.63, 3.8) is 0 Å². The van der Waals surface area contributed by atoms with E-state index in [1.54, 1.807) is 0 Å². The number of aromatic nitrogens is 2. The molecule has 2 amide bonds. The number of fused-ring (bicyclic) bond motifs is 1. The van der Waals surface area contributed by atoms with E-state index in [4.69, 9.17) is 4.74 Å². The highest BCUT2D eigenvalue weighted by Gasteiger charge is 2.24. The third kappa shape index (κ3) is 4.22. The molecule has 0 bridgehead atoms. The van der Waals surface area contributed by atoms with Gasteiger partial charge in [-0.15, -0.1) is 0 Å². The number of hydrogen-bond donors (Lipinski definition) is 2. The van der Waals surface area contributed by atoms with Crippen LogP contribution in [-0.4, -0.2) is 40.1 Å². The summed E-state index contributed by atoms with van der Waals surface area (Å²) in [4.78, 5) is 29.1. The summed E-state index contributed by atoms with van der Waals surface area (Å²) >= 11 is 0. The van der Waals surface area contributed by atoms with Crippen molar-refractivity contribution in [2.75, 3.05) is 6.61 Å². The third-order valence-corrected chi connectivity index (χ3v) is 4.70. The SMILES string of the molecule is CCC(C)NC(=O)Cn1c(CNC(=O)C2CCCO2)nc2ccccc21. The molecule has 2 unspecified atom stereocenters. The maximum absolute atomic E-state index is 12.4. The Bertz CT molecular complexity index is 780. The predicted molar refractivity (Wildman–Crippen MR) is 98.4 cm³/mol. The van der Waals surface area contributed by atoms with Gasteiger partial charge in [0.15, 0.2) is 0 Å². The Morgan fingerprint density at radius 1 is 1.38 bits per heavy atom. The molecule has 26 heavy (non-hydrogen) atoms. The van der Waals surface area contributed by atoms with E-state index in [9.17, 15) is 9.59 Å². The number of rotatable bonds is 7. The van der Waals surface area contributed by atoms with Gasteiger partial charge in [0.1, 0.15) is 18.5 Å². The molecular formula is C19H26N4O3. The van der Waals surface area contributed by atoms with Gasteiger partial charge in [0.25, 0.3) is 0 Å². The molecule has 0 aliphatic carbocycles. The standard InChI is InChI=1S/C19H26N4O3/c1-3-13(2)21-18(24)12-23-15-8-5-4-7-14(15)22-17(23)11-20-19(25)16-9-6-10-26-16/h4-5,7-8,13,16H,3,6,9-12H2,1-2H3,(H,20,25)(H,21,24). The minimum absolute atomic E-state index is 0.0609. The van der Waals surface area contributed by atoms with Crippen molar-refractivity contribution < 1.29 is 14.3 Å². The quantitative estimate of drug-likeness (QED) is 0.790. The molecule has 3 rings (SSSR count). The van der Waals surface area contributed by atoms with E-state index in [1.165, 1.54) is 0 Å². The largest absolute Gasteiger partial charge is 0.368 e. The fourth-order valence-electron chi connectivity index (χ4n) is 3.07. The number of para-hydroxylation sites is 2. The van der Waals surface area contributed by atoms with Crippen LogP contribution in [0.25, 0.3) is 11.0 Å². The van der Waals surface area contributed by atoms with Gasteiger partial charge in [-0.1, -0.05) is 19.1 Å². The summed E-state index contributed by atoms with van der Waals surface area (Å²) in [7, 11) is 0. The van der Waals surface area contributed by atoms with E-state index in [0.29, 0.717) is 12.4 Å². The van der Waals surface area contributed by atoms with Gasteiger partial charge in [0.2, 0.25) is 11.8 Å². The molecule has 1 aromatic heterocycles. The zero-order valence-electron chi connectivity index (χ0n) is 15.3. The van der Waals surface area contributed by atoms with Gasteiger partial charge in [-0.2, -0.15) is 0 Å². The lowest BCUT2D eigenvalue weighted by molar-refractivity contribution is -0.130. The molecule has 0 spiro atoms. The molecule has 7 nitrogen and oxygen atoms in total. The van der Waals surface area contributed by atoms with E-state index in [2.05, 4.69) is 15.6 Å². The molecule has 0 radical (unpaired) electrons. The molecule has 1 saturated heterocycles. The smallest absolute Gasteiger partial charge is 0.249 e. The van der Waals surface area contributed by atoms with Crippen LogP contribution >= 0.6 is 0 Å². The second-order valence-corrected chi connectivity index (χ2v) is 6.70. The summed E-state index contributed by atoms with van der Waals surface area (Å²) in [5.41, 5.74) is 1.69. The van der Waals surface area contributed by atoms with Crippen LogP contribution in [0.1, 0.15) is 38.9 Å². The van der Waals surface area contributed by atoms with Crippen LogP contribution in [0.4, 0.5) is 0 Å². The number of nitrogens with zero attached hydrogens (tertiary/aromatic N) is 2. The number of amides is 2. The molecule has 2 N–H and O–H groups in total. The molecular weight excluding hydrogens is 332 g/mol. The Hall–Kier alpha value is -2.41. The summed E-state index contributed by atoms with van der Waals surface area (Å²) in [6.07, 6.45) is 2.16. The number of benzene rings is 1. The molecule has 2 aromatic rings. The van der Waals surface area contributed by atoms with Crippen molar-refractivity contribution >= 4 is 22.8 Å². The monoisotopic (exact) mass is 358 g/mol. The lowest BCUT2D eigenvalue weighted by Gasteiger charge is -2.14. The summed E-state index contributed by atoms with van der Waals surface area (Å²) in [6.45, 7) is 5.09. The van der Waals surface area contributed by atoms with Crippen LogP contribution in [0.2, 0.25) is 0 Å². The predicted octanol–water partition coefficient (Wildman–Crippen LogP) is 1.75. The fourth-order valence-corrected chi connectivity index (χ4v) is 3.07. The van der Waals surface area contributed by atoms with E-state index >= 15 is 0 Å². The second kappa shape index (κ2) is 8.31. The highest BCUT2D eigenvalue weighted by Crippen LogP contribution is 2.17. The van der Waals surface area contributed by atoms with Crippen LogP contribution < -0.4 is 10.6 Å². The lowest BCUT2D eigenvalue weighted by atomic mass is 10.2. The number of hydrogen-bond acceptors (Lipinski definition) is 4. The van der Waals surface area contributed by atoms with Crippen LogP contribution in [0.5, 0.6) is 0 Å². The molecule has 2 atom stereocenters. The minimum atomic E-state index is -0.374. The van der Waals surface area contributed by atoms with Crippen molar-refractivity contribution in [1.82, 2.24) is 20.2 Å². The number of carbonyl (C=O) groups excluding carboxylic acids is 2. The number of ether oxygens (including phenoxy) is 1. The lowest BCUT2D eigenvalue weighted by Crippen LogP contribution is -2.36. The first-order chi connectivity index (χ1) is 12.6. The topological polar surface area (TPSA) is 85.2 Å². The third-order valence-electron chi connectivity index (χ3n) is 4.70. The summed E-state index contributed by atoms with van der Waals surface area (Å²) in [5.74, 6) is 0.483. The molecule has 2 heterocycles. The average Bonchev–Trinajstić information content (AvgIpc) is 3.28. The van der Waals surface area contributed by atoms with Crippen molar-refractivity contribution in [3.05, 3.63) is 30.1 Å². The molecule has 7 heteroatoms. The van der Waals surface area contributed by atoms with Crippen LogP contribution in [-0.2, 0) is 27.4 Å². The van der Waals surface area contributed by atoms with Crippen LogP contribution in [0, 0.1) is 0 Å². The molecule has 1 aliphatic heterocycles. The van der Waals surface area contributed by atoms with Crippen molar-refractivity contribution in [2.24, 2.45) is 0 Å². The first kappa shape index (κ1) is 18.4. The summed E-state index contributed by atoms with van der Waals surface area (Å²) in [6, 6.07) is 7.80. The van der Waals surface area contributed by atoms with Gasteiger partial charge in [-0.3, -0.25) is 9.59 Å². The Labute approximate surface area is 153 Å². The van der Waals surface area contributed by atoms with Crippen molar-refractivity contribution in [3.8, 4) is 0 Å². The van der Waals surface area contributed by atoms with Gasteiger partial charge in [0, 0.05) is 12.6 Å². The summed E-state index contributed by atoms with van der Waals surface area (Å²) < 4.78 is 7.27. The first-order valence-electron chi connectivity index (χ1n) is 9.21. The Morgan fingerprint density at radius 3 is 2.92 bits per heavy atom. The van der Waals surface area contributed by atoms with Gasteiger partial charge >= 0.3 is 0 Å². The highest BCUT2D eigenvalue weighted by atomic mass is 16.5. The first-order valence-corrected chi connectivity index (χ1v) is 9.21. The maximum atomic E-state index is 12.4. The number of nitrogens with one attached hydrogen (secondary N) is 2. The molecule has 1 fully saturated rings. The van der Waals surface area contributed by atoms with Gasteiger partial charge in [-0.05, 0) is 38.3 Å². The van der Waals surface area contributed by atoms with Crippen molar-refractivity contribution in [2.45, 2.75) is 58.3 Å². The summed E-state index contributed by atoms with van der Waals surface area (Å²) in [5, 5.41) is 5.86. The van der Waals surface area contributed by atoms with Crippen molar-refractivity contribution in [1.29, 1.82) is 0 Å². The van der Waals surface area contributed by atoms with Gasteiger partial charge < -0.3 is 19.9 Å². The van der Waals surface area contributed by atoms with Crippen LogP contribution in [0.3, 0.4) is 0 Å². The zero-order valence-corrected chi connectivity index (χ0v) is 15.3. The Balaban J connectivity index is 1.75. The zero-order chi connectivity index (χ0) is 18.5. The average molecular weight is 358 g/mol. The minimum Gasteiger partial charge on any atom is -0.368 e. The molecule has 1 aromatic carbocycles. The second-order valence-electron chi connectivity index (χ2n) is 6.70. The van der Waals surface area contributed by atoms with E-state index in [1.807, 2.05) is 42.7 Å². The van der Waals surface area contributed by atoms with Gasteiger partial charge in [0.05, 0.1) is 17.6 Å². The fraction of sp³-hybridized carbons (Fsp3) is 0.526. The number of carbonyl (C=O) groups is 2. The van der Waals surface area contributed by atoms with E-state index in [-0.39, 0.29) is 37.0 Å². The Kier molecular flexibility index (Phi) is 5.88. The van der Waals surface area contributed by atoms with Gasteiger partial charge in [-0.25, -0.2) is 4.98 Å². The maximum Gasteiger partial charge on any atom is 0.249 e.